The molecule has 0 unspecified atom stereocenters. The molecule has 28 heavy (non-hydrogen) atoms. The van der Waals surface area contributed by atoms with E-state index in [1.807, 2.05) is 60.7 Å². The lowest BCUT2D eigenvalue weighted by Crippen LogP contribution is -2.34. The molecule has 0 aliphatic heterocycles. The summed E-state index contributed by atoms with van der Waals surface area (Å²) < 4.78 is 11.3. The summed E-state index contributed by atoms with van der Waals surface area (Å²) in [4.78, 5) is 12.4. The first-order chi connectivity index (χ1) is 13.7. The van der Waals surface area contributed by atoms with Gasteiger partial charge in [0, 0.05) is 11.3 Å². The zero-order valence-corrected chi connectivity index (χ0v) is 15.9. The zero-order valence-electron chi connectivity index (χ0n) is 15.1. The highest BCUT2D eigenvalue weighted by Gasteiger charge is 2.09. The van der Waals surface area contributed by atoms with Gasteiger partial charge < -0.3 is 14.8 Å². The number of nitrogens with one attached hydrogen (secondary N) is 2. The fourth-order valence-electron chi connectivity index (χ4n) is 2.42. The molecular weight excluding hydrogens is 372 g/mol. The van der Waals surface area contributed by atoms with Gasteiger partial charge in [-0.1, -0.05) is 42.5 Å². The van der Waals surface area contributed by atoms with Crippen molar-refractivity contribution in [3.63, 3.8) is 0 Å². The maximum atomic E-state index is 12.4. The van der Waals surface area contributed by atoms with Crippen LogP contribution >= 0.6 is 12.2 Å². The second-order valence-electron chi connectivity index (χ2n) is 5.81. The lowest BCUT2D eigenvalue weighted by molar-refractivity contribution is 0.0977. The lowest BCUT2D eigenvalue weighted by Gasteiger charge is -2.11. The third-order valence-corrected chi connectivity index (χ3v) is 3.92. The van der Waals surface area contributed by atoms with E-state index in [1.165, 1.54) is 0 Å². The van der Waals surface area contributed by atoms with Crippen molar-refractivity contribution in [3.8, 4) is 11.5 Å². The number of thiocarbonyl (C=S) groups is 1. The summed E-state index contributed by atoms with van der Waals surface area (Å²) >= 11 is 5.19. The van der Waals surface area contributed by atoms with Crippen LogP contribution in [0.3, 0.4) is 0 Å². The van der Waals surface area contributed by atoms with Gasteiger partial charge in [0.25, 0.3) is 5.91 Å². The molecule has 0 bridgehead atoms. The van der Waals surface area contributed by atoms with E-state index in [0.29, 0.717) is 24.5 Å². The van der Waals surface area contributed by atoms with Crippen LogP contribution in [0.1, 0.15) is 10.4 Å². The van der Waals surface area contributed by atoms with Gasteiger partial charge in [-0.05, 0) is 54.7 Å². The van der Waals surface area contributed by atoms with Gasteiger partial charge in [0.1, 0.15) is 24.7 Å². The summed E-state index contributed by atoms with van der Waals surface area (Å²) in [5, 5.41) is 5.86. The molecule has 1 amide bonds. The number of benzene rings is 3. The van der Waals surface area contributed by atoms with E-state index in [1.54, 1.807) is 24.3 Å². The Labute approximate surface area is 169 Å². The second-order valence-corrected chi connectivity index (χ2v) is 6.22. The number of anilines is 1. The Morgan fingerprint density at radius 1 is 0.786 bits per heavy atom. The average molecular weight is 392 g/mol. The summed E-state index contributed by atoms with van der Waals surface area (Å²) in [6, 6.07) is 25.9. The van der Waals surface area contributed by atoms with Crippen LogP contribution in [0.2, 0.25) is 0 Å². The van der Waals surface area contributed by atoms with E-state index in [2.05, 4.69) is 10.6 Å². The molecule has 0 aliphatic carbocycles. The maximum Gasteiger partial charge on any atom is 0.257 e. The van der Waals surface area contributed by atoms with Crippen LogP contribution in [-0.2, 0) is 0 Å². The van der Waals surface area contributed by atoms with Gasteiger partial charge in [-0.2, -0.15) is 0 Å². The molecule has 3 rings (SSSR count). The topological polar surface area (TPSA) is 59.6 Å². The number of ether oxygens (including phenoxy) is 2. The third kappa shape index (κ3) is 6.10. The molecule has 0 aromatic heterocycles. The number of hydrogen-bond acceptors (Lipinski definition) is 4. The van der Waals surface area contributed by atoms with Gasteiger partial charge in [0.15, 0.2) is 5.11 Å². The zero-order chi connectivity index (χ0) is 19.6. The molecule has 0 aliphatic rings. The Kier molecular flexibility index (Phi) is 6.98. The van der Waals surface area contributed by atoms with Crippen LogP contribution < -0.4 is 20.1 Å². The van der Waals surface area contributed by atoms with Crippen molar-refractivity contribution < 1.29 is 14.3 Å². The van der Waals surface area contributed by atoms with E-state index >= 15 is 0 Å². The molecule has 6 heteroatoms. The Hall–Kier alpha value is -3.38. The predicted molar refractivity (Wildman–Crippen MR) is 114 cm³/mol. The summed E-state index contributed by atoms with van der Waals surface area (Å²) in [5.74, 6) is 1.07. The second kappa shape index (κ2) is 10.1. The van der Waals surface area contributed by atoms with Crippen LogP contribution in [0, 0.1) is 0 Å². The molecule has 2 N–H and O–H groups in total. The third-order valence-electron chi connectivity index (χ3n) is 3.72. The van der Waals surface area contributed by atoms with Crippen LogP contribution in [0.4, 0.5) is 5.69 Å². The highest BCUT2D eigenvalue weighted by molar-refractivity contribution is 7.80. The van der Waals surface area contributed by atoms with E-state index in [0.717, 1.165) is 11.4 Å². The van der Waals surface area contributed by atoms with Gasteiger partial charge in [-0.25, -0.2) is 0 Å². The van der Waals surface area contributed by atoms with E-state index < -0.39 is 0 Å². The first-order valence-corrected chi connectivity index (χ1v) is 9.19. The fraction of sp³-hybridized carbons (Fsp3) is 0.0909. The Balaban J connectivity index is 1.48. The SMILES string of the molecule is O=C(NC(=S)Nc1ccccc1)c1cccc(OCCOc2ccccc2)c1. The van der Waals surface area contributed by atoms with Crippen molar-refractivity contribution in [2.45, 2.75) is 0 Å². The van der Waals surface area contributed by atoms with Gasteiger partial charge in [-0.3, -0.25) is 10.1 Å². The normalized spacial score (nSPS) is 10.0. The van der Waals surface area contributed by atoms with E-state index in [4.69, 9.17) is 21.7 Å². The maximum absolute atomic E-state index is 12.4. The van der Waals surface area contributed by atoms with Crippen molar-refractivity contribution in [1.29, 1.82) is 0 Å². The molecule has 142 valence electrons. The molecule has 5 nitrogen and oxygen atoms in total. The van der Waals surface area contributed by atoms with E-state index in [9.17, 15) is 4.79 Å². The summed E-state index contributed by atoms with van der Waals surface area (Å²) in [6.07, 6.45) is 0. The molecule has 3 aromatic carbocycles. The molecule has 0 saturated heterocycles. The first kappa shape index (κ1) is 19.4. The number of amides is 1. The number of carbonyl (C=O) groups is 1. The number of hydrogen-bond donors (Lipinski definition) is 2. The van der Waals surface area contributed by atoms with Crippen molar-refractivity contribution >= 4 is 28.9 Å². The summed E-state index contributed by atoms with van der Waals surface area (Å²) in [6.45, 7) is 0.777. The van der Waals surface area contributed by atoms with Crippen molar-refractivity contribution in [2.24, 2.45) is 0 Å². The standard InChI is InChI=1S/C22H20N2O3S/c25-21(24-22(28)23-18-9-3-1-4-10-18)17-8-7-13-20(16-17)27-15-14-26-19-11-5-2-6-12-19/h1-13,16H,14-15H2,(H2,23,24,25,28). The van der Waals surface area contributed by atoms with Gasteiger partial charge in [0.2, 0.25) is 0 Å². The largest absolute Gasteiger partial charge is 0.490 e. The van der Waals surface area contributed by atoms with Gasteiger partial charge in [-0.15, -0.1) is 0 Å². The molecule has 0 spiro atoms. The Morgan fingerprint density at radius 3 is 2.11 bits per heavy atom. The molecule has 3 aromatic rings. The van der Waals surface area contributed by atoms with Crippen LogP contribution in [-0.4, -0.2) is 24.2 Å². The van der Waals surface area contributed by atoms with Crippen molar-refractivity contribution in [1.82, 2.24) is 5.32 Å². The minimum absolute atomic E-state index is 0.235. The van der Waals surface area contributed by atoms with Gasteiger partial charge >= 0.3 is 0 Å². The quantitative estimate of drug-likeness (QED) is 0.464. The molecule has 0 radical (unpaired) electrons. The average Bonchev–Trinajstić information content (AvgIpc) is 2.73. The minimum Gasteiger partial charge on any atom is -0.490 e. The van der Waals surface area contributed by atoms with Crippen LogP contribution in [0.15, 0.2) is 84.9 Å². The van der Waals surface area contributed by atoms with E-state index in [-0.39, 0.29) is 11.0 Å². The monoisotopic (exact) mass is 392 g/mol. The van der Waals surface area contributed by atoms with Crippen molar-refractivity contribution in [3.05, 3.63) is 90.5 Å². The number of para-hydroxylation sites is 2. The molecule has 0 atom stereocenters. The summed E-state index contributed by atoms with van der Waals surface area (Å²) in [5.41, 5.74) is 1.27. The molecule has 0 heterocycles. The Bertz CT molecular complexity index is 917. The smallest absolute Gasteiger partial charge is 0.257 e. The van der Waals surface area contributed by atoms with Crippen LogP contribution in [0.25, 0.3) is 0 Å². The fourth-order valence-corrected chi connectivity index (χ4v) is 2.63. The first-order valence-electron chi connectivity index (χ1n) is 8.79. The Morgan fingerprint density at radius 2 is 1.39 bits per heavy atom. The number of rotatable bonds is 7. The highest BCUT2D eigenvalue weighted by Crippen LogP contribution is 2.14. The molecule has 0 saturated carbocycles. The highest BCUT2D eigenvalue weighted by atomic mass is 32.1. The molecular formula is C22H20N2O3S. The van der Waals surface area contributed by atoms with Crippen molar-refractivity contribution in [2.75, 3.05) is 18.5 Å². The van der Waals surface area contributed by atoms with Gasteiger partial charge in [0.05, 0.1) is 0 Å². The minimum atomic E-state index is -0.306. The summed E-state index contributed by atoms with van der Waals surface area (Å²) in [7, 11) is 0. The lowest BCUT2D eigenvalue weighted by atomic mass is 10.2. The molecule has 0 fully saturated rings. The predicted octanol–water partition coefficient (Wildman–Crippen LogP) is 4.27. The number of carbonyl (C=O) groups excluding carboxylic acids is 1. The van der Waals surface area contributed by atoms with Crippen LogP contribution in [0.5, 0.6) is 11.5 Å².